The largest absolute Gasteiger partial charge is 0.393 e. The molecule has 0 aromatic heterocycles. The number of rotatable bonds is 1. The van der Waals surface area contributed by atoms with E-state index in [1.54, 1.807) is 0 Å². The molecule has 0 heterocycles. The Kier molecular flexibility index (Phi) is 1.80. The fourth-order valence-electron chi connectivity index (χ4n) is 2.46. The average Bonchev–Trinajstić information content (AvgIpc) is 2.76. The lowest BCUT2D eigenvalue weighted by Gasteiger charge is -2.33. The minimum Gasteiger partial charge on any atom is -0.393 e. The van der Waals surface area contributed by atoms with Gasteiger partial charge in [-0.3, -0.25) is 0 Å². The summed E-state index contributed by atoms with van der Waals surface area (Å²) in [5, 5.41) is 9.88. The molecule has 2 atom stereocenters. The highest BCUT2D eigenvalue weighted by Crippen LogP contribution is 2.57. The smallest absolute Gasteiger partial charge is 0.0602 e. The molecule has 1 N–H and O–H groups in total. The molecule has 0 aromatic carbocycles. The van der Waals surface area contributed by atoms with Crippen LogP contribution in [0.3, 0.4) is 0 Å². The van der Waals surface area contributed by atoms with E-state index in [4.69, 9.17) is 0 Å². The first-order chi connectivity index (χ1) is 5.64. The van der Waals surface area contributed by atoms with Crippen molar-refractivity contribution in [2.24, 2.45) is 11.3 Å². The summed E-state index contributed by atoms with van der Waals surface area (Å²) < 4.78 is 0. The van der Waals surface area contributed by atoms with Crippen molar-refractivity contribution in [2.75, 3.05) is 0 Å². The lowest BCUT2D eigenvalue weighted by Crippen LogP contribution is -2.30. The summed E-state index contributed by atoms with van der Waals surface area (Å²) in [7, 11) is 0. The van der Waals surface area contributed by atoms with E-state index in [0.29, 0.717) is 11.3 Å². The van der Waals surface area contributed by atoms with E-state index in [1.165, 1.54) is 31.3 Å². The Morgan fingerprint density at radius 2 is 2.08 bits per heavy atom. The van der Waals surface area contributed by atoms with E-state index in [0.717, 1.165) is 6.42 Å². The molecule has 2 aliphatic rings. The molecule has 2 saturated carbocycles. The molecule has 1 nitrogen and oxygen atoms in total. The predicted molar refractivity (Wildman–Crippen MR) is 49.8 cm³/mol. The SMILES string of the molecule is C=C(C)C1CCC2(CC2)C(O)C1. The van der Waals surface area contributed by atoms with Crippen molar-refractivity contribution in [1.82, 2.24) is 0 Å². The third-order valence-corrected chi connectivity index (χ3v) is 3.79. The molecule has 68 valence electrons. The fourth-order valence-corrected chi connectivity index (χ4v) is 2.46. The molecule has 0 aliphatic heterocycles. The summed E-state index contributed by atoms with van der Waals surface area (Å²) in [6.07, 6.45) is 5.94. The molecule has 0 aromatic rings. The van der Waals surface area contributed by atoms with Gasteiger partial charge in [0.1, 0.15) is 0 Å². The van der Waals surface area contributed by atoms with E-state index in [2.05, 4.69) is 13.5 Å². The summed E-state index contributed by atoms with van der Waals surface area (Å²) in [6.45, 7) is 6.06. The lowest BCUT2D eigenvalue weighted by molar-refractivity contribution is 0.0376. The highest BCUT2D eigenvalue weighted by Gasteiger charge is 2.51. The Balaban J connectivity index is 1.99. The fraction of sp³-hybridized carbons (Fsp3) is 0.818. The van der Waals surface area contributed by atoms with E-state index < -0.39 is 0 Å². The zero-order chi connectivity index (χ0) is 8.77. The molecule has 0 amide bonds. The van der Waals surface area contributed by atoms with Crippen molar-refractivity contribution in [3.8, 4) is 0 Å². The van der Waals surface area contributed by atoms with Gasteiger partial charge < -0.3 is 5.11 Å². The number of aliphatic hydroxyl groups excluding tert-OH is 1. The van der Waals surface area contributed by atoms with Gasteiger partial charge in [0.2, 0.25) is 0 Å². The van der Waals surface area contributed by atoms with Crippen LogP contribution in [0.25, 0.3) is 0 Å². The van der Waals surface area contributed by atoms with Crippen molar-refractivity contribution in [2.45, 2.75) is 45.1 Å². The Morgan fingerprint density at radius 3 is 2.50 bits per heavy atom. The maximum absolute atomic E-state index is 9.88. The van der Waals surface area contributed by atoms with Crippen molar-refractivity contribution < 1.29 is 5.11 Å². The quantitative estimate of drug-likeness (QED) is 0.593. The van der Waals surface area contributed by atoms with Gasteiger partial charge in [-0.15, -0.1) is 0 Å². The summed E-state index contributed by atoms with van der Waals surface area (Å²) in [5.74, 6) is 0.589. The minimum absolute atomic E-state index is 0.0343. The highest BCUT2D eigenvalue weighted by molar-refractivity contribution is 5.08. The first-order valence-electron chi connectivity index (χ1n) is 4.97. The average molecular weight is 166 g/mol. The van der Waals surface area contributed by atoms with Gasteiger partial charge in [-0.1, -0.05) is 12.2 Å². The molecular formula is C11H18O. The van der Waals surface area contributed by atoms with Crippen LogP contribution in [0.1, 0.15) is 39.0 Å². The summed E-state index contributed by atoms with van der Waals surface area (Å²) in [6, 6.07) is 0. The van der Waals surface area contributed by atoms with Gasteiger partial charge >= 0.3 is 0 Å². The molecule has 1 spiro atoms. The number of aliphatic hydroxyl groups is 1. The van der Waals surface area contributed by atoms with Crippen LogP contribution in [-0.2, 0) is 0 Å². The zero-order valence-electron chi connectivity index (χ0n) is 7.84. The maximum atomic E-state index is 9.88. The van der Waals surface area contributed by atoms with Crippen LogP contribution >= 0.6 is 0 Å². The highest BCUT2D eigenvalue weighted by atomic mass is 16.3. The molecule has 0 saturated heterocycles. The van der Waals surface area contributed by atoms with Gasteiger partial charge in [0, 0.05) is 0 Å². The maximum Gasteiger partial charge on any atom is 0.0602 e. The van der Waals surface area contributed by atoms with Gasteiger partial charge in [0.15, 0.2) is 0 Å². The molecule has 2 rings (SSSR count). The third kappa shape index (κ3) is 1.20. The van der Waals surface area contributed by atoms with E-state index in [-0.39, 0.29) is 6.10 Å². The topological polar surface area (TPSA) is 20.2 Å². The van der Waals surface area contributed by atoms with Crippen LogP contribution in [0.15, 0.2) is 12.2 Å². The van der Waals surface area contributed by atoms with E-state index in [1.807, 2.05) is 0 Å². The van der Waals surface area contributed by atoms with Gasteiger partial charge in [-0.2, -0.15) is 0 Å². The molecule has 0 radical (unpaired) electrons. The van der Waals surface area contributed by atoms with Crippen LogP contribution < -0.4 is 0 Å². The summed E-state index contributed by atoms with van der Waals surface area (Å²) >= 11 is 0. The molecular weight excluding hydrogens is 148 g/mol. The van der Waals surface area contributed by atoms with Gasteiger partial charge in [0.25, 0.3) is 0 Å². The van der Waals surface area contributed by atoms with Crippen molar-refractivity contribution in [1.29, 1.82) is 0 Å². The zero-order valence-corrected chi connectivity index (χ0v) is 7.84. The second-order valence-electron chi connectivity index (χ2n) is 4.70. The second kappa shape index (κ2) is 2.59. The molecule has 2 aliphatic carbocycles. The number of allylic oxidation sites excluding steroid dienone is 1. The Labute approximate surface area is 74.5 Å². The normalized spacial score (nSPS) is 38.2. The molecule has 12 heavy (non-hydrogen) atoms. The van der Waals surface area contributed by atoms with Gasteiger partial charge in [-0.05, 0) is 50.4 Å². The molecule has 1 heteroatoms. The lowest BCUT2D eigenvalue weighted by atomic mass is 9.75. The first-order valence-corrected chi connectivity index (χ1v) is 4.97. The van der Waals surface area contributed by atoms with Crippen LogP contribution in [0.4, 0.5) is 0 Å². The van der Waals surface area contributed by atoms with E-state index >= 15 is 0 Å². The van der Waals surface area contributed by atoms with Crippen LogP contribution in [0.2, 0.25) is 0 Å². The number of hydrogen-bond acceptors (Lipinski definition) is 1. The van der Waals surface area contributed by atoms with Crippen LogP contribution in [0.5, 0.6) is 0 Å². The van der Waals surface area contributed by atoms with Crippen LogP contribution in [0, 0.1) is 11.3 Å². The van der Waals surface area contributed by atoms with Crippen molar-refractivity contribution in [3.05, 3.63) is 12.2 Å². The second-order valence-corrected chi connectivity index (χ2v) is 4.70. The Morgan fingerprint density at radius 1 is 1.42 bits per heavy atom. The summed E-state index contributed by atoms with van der Waals surface area (Å²) in [5.41, 5.74) is 1.62. The first kappa shape index (κ1) is 8.31. The van der Waals surface area contributed by atoms with E-state index in [9.17, 15) is 5.11 Å². The van der Waals surface area contributed by atoms with Crippen LogP contribution in [-0.4, -0.2) is 11.2 Å². The molecule has 0 bridgehead atoms. The minimum atomic E-state index is -0.0343. The Bertz CT molecular complexity index is 203. The van der Waals surface area contributed by atoms with Gasteiger partial charge in [0.05, 0.1) is 6.10 Å². The monoisotopic (exact) mass is 166 g/mol. The molecule has 2 fully saturated rings. The Hall–Kier alpha value is -0.300. The van der Waals surface area contributed by atoms with Crippen molar-refractivity contribution >= 4 is 0 Å². The standard InChI is InChI=1S/C11H18O/c1-8(2)9-3-4-11(5-6-11)10(12)7-9/h9-10,12H,1,3-7H2,2H3. The van der Waals surface area contributed by atoms with Gasteiger partial charge in [-0.25, -0.2) is 0 Å². The third-order valence-electron chi connectivity index (χ3n) is 3.79. The number of hydrogen-bond donors (Lipinski definition) is 1. The predicted octanol–water partition coefficient (Wildman–Crippen LogP) is 2.50. The molecule has 2 unspecified atom stereocenters. The van der Waals surface area contributed by atoms with Crippen molar-refractivity contribution in [3.63, 3.8) is 0 Å². The summed E-state index contributed by atoms with van der Waals surface area (Å²) in [4.78, 5) is 0.